The van der Waals surface area contributed by atoms with Crippen LogP contribution in [0.3, 0.4) is 0 Å². The molecule has 28 heavy (non-hydrogen) atoms. The number of aliphatic hydroxyl groups excluding tert-OH is 2. The number of nitrogens with one attached hydrogen (secondary N) is 1. The highest BCUT2D eigenvalue weighted by Gasteiger charge is 2.44. The molecule has 1 aliphatic heterocycles. The highest BCUT2D eigenvalue weighted by molar-refractivity contribution is 7.51. The molecule has 4 atom stereocenters. The first-order valence-corrected chi connectivity index (χ1v) is 10.7. The Morgan fingerprint density at radius 3 is 2.79 bits per heavy atom. The second-order valence-corrected chi connectivity index (χ2v) is 8.23. The summed E-state index contributed by atoms with van der Waals surface area (Å²) in [6, 6.07) is 0. The van der Waals surface area contributed by atoms with Crippen LogP contribution in [-0.2, 0) is 14.0 Å². The van der Waals surface area contributed by atoms with E-state index in [1.165, 1.54) is 10.9 Å². The van der Waals surface area contributed by atoms with E-state index in [1.807, 2.05) is 6.92 Å². The SMILES string of the molecule is CCCNc1nc(Cl)nc2c1ncn2[C@@H]1O[C@H](COCP(=O)(O)O)[C@@H](O)[C@H]1O. The van der Waals surface area contributed by atoms with Gasteiger partial charge in [0.15, 0.2) is 23.2 Å². The number of ether oxygens (including phenoxy) is 2. The number of aromatic nitrogens is 4. The Kier molecular flexibility index (Phi) is 6.52. The van der Waals surface area contributed by atoms with E-state index in [0.717, 1.165) is 6.42 Å². The molecule has 1 aliphatic rings. The molecule has 5 N–H and O–H groups in total. The molecule has 0 bridgehead atoms. The molecule has 0 spiro atoms. The molecule has 3 rings (SSSR count). The molecule has 1 saturated heterocycles. The number of hydrogen-bond acceptors (Lipinski definition) is 9. The first-order valence-electron chi connectivity index (χ1n) is 8.49. The van der Waals surface area contributed by atoms with Crippen molar-refractivity contribution in [2.24, 2.45) is 0 Å². The number of imidazole rings is 1. The van der Waals surface area contributed by atoms with Crippen LogP contribution in [0.1, 0.15) is 19.6 Å². The van der Waals surface area contributed by atoms with Gasteiger partial charge in [0, 0.05) is 6.54 Å². The van der Waals surface area contributed by atoms with Crippen LogP contribution in [0.5, 0.6) is 0 Å². The van der Waals surface area contributed by atoms with Gasteiger partial charge in [-0.05, 0) is 18.0 Å². The van der Waals surface area contributed by atoms with Crippen LogP contribution in [0, 0.1) is 0 Å². The summed E-state index contributed by atoms with van der Waals surface area (Å²) in [7, 11) is -4.35. The average molecular weight is 438 g/mol. The first kappa shape index (κ1) is 21.3. The third kappa shape index (κ3) is 4.61. The lowest BCUT2D eigenvalue weighted by Crippen LogP contribution is -2.33. The normalized spacial score (nSPS) is 25.5. The summed E-state index contributed by atoms with van der Waals surface area (Å²) in [5.74, 6) is 0.435. The van der Waals surface area contributed by atoms with Crippen molar-refractivity contribution in [3.63, 3.8) is 0 Å². The molecule has 0 radical (unpaired) electrons. The maximum atomic E-state index is 10.9. The second kappa shape index (κ2) is 8.56. The van der Waals surface area contributed by atoms with Gasteiger partial charge in [0.05, 0.1) is 12.9 Å². The molecule has 14 heteroatoms. The number of anilines is 1. The lowest BCUT2D eigenvalue weighted by molar-refractivity contribution is -0.0612. The lowest BCUT2D eigenvalue weighted by atomic mass is 10.1. The zero-order valence-electron chi connectivity index (χ0n) is 14.8. The third-order valence-corrected chi connectivity index (χ3v) is 4.78. The van der Waals surface area contributed by atoms with E-state index >= 15 is 0 Å². The fraction of sp³-hybridized carbons (Fsp3) is 0.643. The topological polar surface area (TPSA) is 172 Å². The van der Waals surface area contributed by atoms with E-state index in [4.69, 9.17) is 30.9 Å². The van der Waals surface area contributed by atoms with Crippen LogP contribution >= 0.6 is 19.2 Å². The minimum Gasteiger partial charge on any atom is -0.387 e. The smallest absolute Gasteiger partial charge is 0.350 e. The monoisotopic (exact) mass is 437 g/mol. The van der Waals surface area contributed by atoms with Crippen LogP contribution in [0.4, 0.5) is 5.82 Å². The minimum atomic E-state index is -4.35. The molecule has 0 saturated carbocycles. The Labute approximate surface area is 164 Å². The first-order chi connectivity index (χ1) is 13.2. The van der Waals surface area contributed by atoms with E-state index < -0.39 is 38.5 Å². The van der Waals surface area contributed by atoms with Crippen molar-refractivity contribution in [1.29, 1.82) is 0 Å². The van der Waals surface area contributed by atoms with Crippen LogP contribution in [-0.4, -0.2) is 77.3 Å². The third-order valence-electron chi connectivity index (χ3n) is 4.09. The predicted octanol–water partition coefficient (Wildman–Crippen LogP) is 0.0726. The van der Waals surface area contributed by atoms with Crippen LogP contribution < -0.4 is 5.32 Å². The van der Waals surface area contributed by atoms with Gasteiger partial charge < -0.3 is 34.8 Å². The second-order valence-electron chi connectivity index (χ2n) is 6.30. The molecule has 12 nitrogen and oxygen atoms in total. The largest absolute Gasteiger partial charge is 0.387 e. The van der Waals surface area contributed by atoms with Crippen molar-refractivity contribution in [2.75, 3.05) is 24.8 Å². The summed E-state index contributed by atoms with van der Waals surface area (Å²) in [4.78, 5) is 30.2. The van der Waals surface area contributed by atoms with Crippen molar-refractivity contribution in [1.82, 2.24) is 19.5 Å². The molecule has 0 aromatic carbocycles. The number of halogens is 1. The Balaban J connectivity index is 1.82. The Bertz CT molecular complexity index is 877. The Hall–Kier alpha value is -1.37. The van der Waals surface area contributed by atoms with Crippen LogP contribution in [0.2, 0.25) is 5.28 Å². The molecule has 0 unspecified atom stereocenters. The Morgan fingerprint density at radius 2 is 2.11 bits per heavy atom. The van der Waals surface area contributed by atoms with Gasteiger partial charge in [-0.15, -0.1) is 0 Å². The molecule has 2 aromatic rings. The summed E-state index contributed by atoms with van der Waals surface area (Å²) >= 11 is 5.99. The van der Waals surface area contributed by atoms with E-state index in [9.17, 15) is 14.8 Å². The van der Waals surface area contributed by atoms with Crippen molar-refractivity contribution >= 4 is 36.2 Å². The van der Waals surface area contributed by atoms with E-state index in [-0.39, 0.29) is 11.9 Å². The van der Waals surface area contributed by atoms with Gasteiger partial charge in [-0.25, -0.2) is 4.98 Å². The summed E-state index contributed by atoms with van der Waals surface area (Å²) in [6.07, 6.45) is -3.31. The molecule has 2 aromatic heterocycles. The number of rotatable bonds is 8. The van der Waals surface area contributed by atoms with Gasteiger partial charge in [-0.3, -0.25) is 9.13 Å². The Morgan fingerprint density at radius 1 is 1.36 bits per heavy atom. The fourth-order valence-corrected chi connectivity index (χ4v) is 3.34. The molecule has 156 valence electrons. The van der Waals surface area contributed by atoms with Gasteiger partial charge >= 0.3 is 7.60 Å². The van der Waals surface area contributed by atoms with Crippen LogP contribution in [0.25, 0.3) is 11.2 Å². The number of fused-ring (bicyclic) bond motifs is 1. The summed E-state index contributed by atoms with van der Waals surface area (Å²) < 4.78 is 22.8. The van der Waals surface area contributed by atoms with Gasteiger partial charge in [-0.1, -0.05) is 6.92 Å². The highest BCUT2D eigenvalue weighted by Crippen LogP contribution is 2.36. The van der Waals surface area contributed by atoms with Gasteiger partial charge in [0.2, 0.25) is 5.28 Å². The summed E-state index contributed by atoms with van der Waals surface area (Å²) in [6.45, 7) is 2.32. The quantitative estimate of drug-likeness (QED) is 0.279. The predicted molar refractivity (Wildman–Crippen MR) is 97.9 cm³/mol. The minimum absolute atomic E-state index is 0.0255. The van der Waals surface area contributed by atoms with Crippen molar-refractivity contribution < 1.29 is 34.0 Å². The van der Waals surface area contributed by atoms with Gasteiger partial charge in [0.1, 0.15) is 24.7 Å². The number of nitrogens with zero attached hydrogens (tertiary/aromatic N) is 4. The van der Waals surface area contributed by atoms with Gasteiger partial charge in [0.25, 0.3) is 0 Å². The fourth-order valence-electron chi connectivity index (χ4n) is 2.83. The van der Waals surface area contributed by atoms with Gasteiger partial charge in [-0.2, -0.15) is 9.97 Å². The zero-order chi connectivity index (χ0) is 20.5. The number of hydrogen-bond donors (Lipinski definition) is 5. The van der Waals surface area contributed by atoms with Crippen molar-refractivity contribution in [2.45, 2.75) is 37.9 Å². The molecule has 0 aliphatic carbocycles. The zero-order valence-corrected chi connectivity index (χ0v) is 16.5. The molecular weight excluding hydrogens is 417 g/mol. The molecule has 1 fully saturated rings. The maximum absolute atomic E-state index is 10.9. The average Bonchev–Trinajstić information content (AvgIpc) is 3.14. The molecule has 0 amide bonds. The van der Waals surface area contributed by atoms with E-state index in [1.54, 1.807) is 0 Å². The van der Waals surface area contributed by atoms with Crippen molar-refractivity contribution in [3.05, 3.63) is 11.6 Å². The highest BCUT2D eigenvalue weighted by atomic mass is 35.5. The van der Waals surface area contributed by atoms with E-state index in [2.05, 4.69) is 20.3 Å². The maximum Gasteiger partial charge on any atom is 0.350 e. The van der Waals surface area contributed by atoms with E-state index in [0.29, 0.717) is 23.5 Å². The standard InChI is InChI=1S/C14H21ClN5O7P/c1-2-3-16-11-8-12(19-14(15)18-11)20(5-17-8)13-10(22)9(21)7(27-13)4-26-6-28(23,24)25/h5,7,9-10,13,21-22H,2-4,6H2,1H3,(H,16,18,19)(H2,23,24,25)/t7-,9-,10-,13-/m1/s1. The number of aliphatic hydroxyl groups is 2. The van der Waals surface area contributed by atoms with Crippen molar-refractivity contribution in [3.8, 4) is 0 Å². The molecular formula is C14H21ClN5O7P. The molecule has 3 heterocycles. The lowest BCUT2D eigenvalue weighted by Gasteiger charge is -2.17. The summed E-state index contributed by atoms with van der Waals surface area (Å²) in [5.41, 5.74) is 0.718. The van der Waals surface area contributed by atoms with Crippen LogP contribution in [0.15, 0.2) is 6.33 Å². The summed E-state index contributed by atoms with van der Waals surface area (Å²) in [5, 5.41) is 23.6.